The lowest BCUT2D eigenvalue weighted by atomic mass is 9.90. The van der Waals surface area contributed by atoms with Crippen LogP contribution in [0.3, 0.4) is 0 Å². The number of hydrogen-bond donors (Lipinski definition) is 2. The summed E-state index contributed by atoms with van der Waals surface area (Å²) in [4.78, 5) is 26.3. The fraction of sp³-hybridized carbons (Fsp3) is 0.0714. The van der Waals surface area contributed by atoms with Gasteiger partial charge in [-0.2, -0.15) is 0 Å². The largest absolute Gasteiger partial charge is 0.340 e. The number of carbonyl (C=O) groups is 1. The van der Waals surface area contributed by atoms with E-state index in [4.69, 9.17) is 0 Å². The molecule has 1 amide bonds. The highest BCUT2D eigenvalue weighted by atomic mass is 16.1. The molecule has 0 unspecified atom stereocenters. The Bertz CT molecular complexity index is 1360. The highest BCUT2D eigenvalue weighted by Gasteiger charge is 2.22. The predicted molar refractivity (Wildman–Crippen MR) is 137 cm³/mol. The van der Waals surface area contributed by atoms with E-state index in [1.54, 1.807) is 12.5 Å². The van der Waals surface area contributed by atoms with Gasteiger partial charge in [0.15, 0.2) is 0 Å². The number of nitrogens with one attached hydrogen (secondary N) is 2. The molecule has 0 fully saturated rings. The Hall–Kier alpha value is -4.78. The van der Waals surface area contributed by atoms with Gasteiger partial charge in [0.25, 0.3) is 0 Å². The Morgan fingerprint density at radius 3 is 2.06 bits per heavy atom. The second kappa shape index (κ2) is 10.0. The normalized spacial score (nSPS) is 10.8. The number of anilines is 3. The summed E-state index contributed by atoms with van der Waals surface area (Å²) in [5.41, 5.74) is 3.46. The van der Waals surface area contributed by atoms with E-state index < -0.39 is 5.92 Å². The number of carbonyl (C=O) groups excluding carboxylic acids is 1. The van der Waals surface area contributed by atoms with Crippen LogP contribution in [0, 0.1) is 6.92 Å². The van der Waals surface area contributed by atoms with Crippen molar-refractivity contribution in [2.75, 3.05) is 10.6 Å². The maximum Gasteiger partial charge on any atom is 0.236 e. The van der Waals surface area contributed by atoms with Gasteiger partial charge in [0.2, 0.25) is 5.91 Å². The summed E-state index contributed by atoms with van der Waals surface area (Å²) in [7, 11) is 0. The fourth-order valence-corrected chi connectivity index (χ4v) is 3.93. The highest BCUT2D eigenvalue weighted by molar-refractivity contribution is 5.98. The van der Waals surface area contributed by atoms with Crippen LogP contribution in [0.4, 0.5) is 17.2 Å². The zero-order valence-electron chi connectivity index (χ0n) is 19.2. The molecule has 7 heteroatoms. The molecule has 3 aromatic carbocycles. The Kier molecular flexibility index (Phi) is 6.30. The van der Waals surface area contributed by atoms with E-state index in [9.17, 15) is 4.79 Å². The standard InChI is InChI=1S/C28H24N6O/c1-20-30-25(18-26(31-20)34-17-16-29-19-34)32-23-12-14-24(15-13-23)33-28(35)27(21-8-4-2-5-9-21)22-10-6-3-7-11-22/h2-19,27H,1H3,(H,33,35)(H,30,31,32). The average molecular weight is 461 g/mol. The van der Waals surface area contributed by atoms with Crippen molar-refractivity contribution in [3.8, 4) is 5.82 Å². The molecule has 0 radical (unpaired) electrons. The molecule has 0 saturated carbocycles. The van der Waals surface area contributed by atoms with Gasteiger partial charge < -0.3 is 10.6 Å². The highest BCUT2D eigenvalue weighted by Crippen LogP contribution is 2.27. The molecule has 0 atom stereocenters. The van der Waals surface area contributed by atoms with Crippen molar-refractivity contribution in [2.45, 2.75) is 12.8 Å². The molecule has 5 rings (SSSR count). The summed E-state index contributed by atoms with van der Waals surface area (Å²) in [6, 6.07) is 29.0. The lowest BCUT2D eigenvalue weighted by molar-refractivity contribution is -0.116. The zero-order valence-corrected chi connectivity index (χ0v) is 19.2. The number of imidazole rings is 1. The molecule has 0 bridgehead atoms. The zero-order chi connectivity index (χ0) is 24.0. The van der Waals surface area contributed by atoms with Crippen molar-refractivity contribution < 1.29 is 4.79 Å². The minimum absolute atomic E-state index is 0.0838. The van der Waals surface area contributed by atoms with Crippen molar-refractivity contribution in [1.82, 2.24) is 19.5 Å². The molecule has 2 N–H and O–H groups in total. The SMILES string of the molecule is Cc1nc(Nc2ccc(NC(=O)C(c3ccccc3)c3ccccc3)cc2)cc(-n2ccnc2)n1. The topological polar surface area (TPSA) is 84.7 Å². The van der Waals surface area contributed by atoms with Gasteiger partial charge in [0.1, 0.15) is 23.8 Å². The first-order valence-corrected chi connectivity index (χ1v) is 11.3. The maximum absolute atomic E-state index is 13.3. The third kappa shape index (κ3) is 5.25. The lowest BCUT2D eigenvalue weighted by Crippen LogP contribution is -2.22. The van der Waals surface area contributed by atoms with Gasteiger partial charge in [-0.25, -0.2) is 15.0 Å². The summed E-state index contributed by atoms with van der Waals surface area (Å²) in [6.07, 6.45) is 5.24. The molecule has 172 valence electrons. The Morgan fingerprint density at radius 1 is 0.829 bits per heavy atom. The van der Waals surface area contributed by atoms with Crippen molar-refractivity contribution in [2.24, 2.45) is 0 Å². The van der Waals surface area contributed by atoms with E-state index in [2.05, 4.69) is 25.6 Å². The monoisotopic (exact) mass is 460 g/mol. The molecule has 5 aromatic rings. The van der Waals surface area contributed by atoms with Crippen LogP contribution < -0.4 is 10.6 Å². The van der Waals surface area contributed by atoms with Crippen LogP contribution in [0.5, 0.6) is 0 Å². The van der Waals surface area contributed by atoms with Gasteiger partial charge in [-0.05, 0) is 42.3 Å². The third-order valence-corrected chi connectivity index (χ3v) is 5.55. The van der Waals surface area contributed by atoms with Crippen molar-refractivity contribution in [3.05, 3.63) is 127 Å². The quantitative estimate of drug-likeness (QED) is 0.336. The molecule has 0 saturated heterocycles. The number of nitrogens with zero attached hydrogens (tertiary/aromatic N) is 4. The number of amides is 1. The number of hydrogen-bond acceptors (Lipinski definition) is 5. The molecule has 35 heavy (non-hydrogen) atoms. The molecule has 0 aliphatic carbocycles. The van der Waals surface area contributed by atoms with Gasteiger partial charge in [-0.1, -0.05) is 60.7 Å². The van der Waals surface area contributed by atoms with Crippen LogP contribution in [0.15, 0.2) is 110 Å². The Labute approximate surface area is 203 Å². The van der Waals surface area contributed by atoms with E-state index in [1.165, 1.54) is 0 Å². The lowest BCUT2D eigenvalue weighted by Gasteiger charge is -2.18. The molecular formula is C28H24N6O. The number of benzene rings is 3. The Morgan fingerprint density at radius 2 is 1.46 bits per heavy atom. The van der Waals surface area contributed by atoms with Crippen LogP contribution >= 0.6 is 0 Å². The third-order valence-electron chi connectivity index (χ3n) is 5.55. The average Bonchev–Trinajstić information content (AvgIpc) is 3.42. The van der Waals surface area contributed by atoms with Crippen molar-refractivity contribution in [3.63, 3.8) is 0 Å². The molecule has 0 spiro atoms. The predicted octanol–water partition coefficient (Wildman–Crippen LogP) is 5.48. The van der Waals surface area contributed by atoms with Crippen LogP contribution in [-0.4, -0.2) is 25.4 Å². The van der Waals surface area contributed by atoms with E-state index in [0.717, 1.165) is 28.3 Å². The molecule has 0 aliphatic heterocycles. The molecule has 2 heterocycles. The van der Waals surface area contributed by atoms with Crippen LogP contribution in [0.25, 0.3) is 5.82 Å². The molecular weight excluding hydrogens is 436 g/mol. The van der Waals surface area contributed by atoms with Crippen LogP contribution in [-0.2, 0) is 4.79 Å². The van der Waals surface area contributed by atoms with E-state index in [1.807, 2.05) is 109 Å². The second-order valence-corrected chi connectivity index (χ2v) is 8.07. The van der Waals surface area contributed by atoms with E-state index in [-0.39, 0.29) is 5.91 Å². The maximum atomic E-state index is 13.3. The van der Waals surface area contributed by atoms with Crippen LogP contribution in [0.2, 0.25) is 0 Å². The van der Waals surface area contributed by atoms with Crippen molar-refractivity contribution >= 4 is 23.1 Å². The van der Waals surface area contributed by atoms with Crippen LogP contribution in [0.1, 0.15) is 22.9 Å². The first-order valence-electron chi connectivity index (χ1n) is 11.3. The van der Waals surface area contributed by atoms with E-state index >= 15 is 0 Å². The first kappa shape index (κ1) is 22.0. The van der Waals surface area contributed by atoms with Gasteiger partial charge >= 0.3 is 0 Å². The van der Waals surface area contributed by atoms with Gasteiger partial charge in [0.05, 0.1) is 5.92 Å². The summed E-state index contributed by atoms with van der Waals surface area (Å²) in [5.74, 6) is 1.57. The number of aryl methyl sites for hydroxylation is 1. The number of aromatic nitrogens is 4. The summed E-state index contributed by atoms with van der Waals surface area (Å²) < 4.78 is 1.83. The summed E-state index contributed by atoms with van der Waals surface area (Å²) >= 11 is 0. The van der Waals surface area contributed by atoms with Gasteiger partial charge in [0, 0.05) is 29.8 Å². The minimum atomic E-state index is -0.402. The Balaban J connectivity index is 1.32. The van der Waals surface area contributed by atoms with Gasteiger partial charge in [-0.3, -0.25) is 9.36 Å². The molecule has 7 nitrogen and oxygen atoms in total. The molecule has 2 aromatic heterocycles. The first-order chi connectivity index (χ1) is 17.2. The summed E-state index contributed by atoms with van der Waals surface area (Å²) in [6.45, 7) is 1.85. The number of rotatable bonds is 7. The smallest absolute Gasteiger partial charge is 0.236 e. The van der Waals surface area contributed by atoms with Gasteiger partial charge in [-0.15, -0.1) is 0 Å². The minimum Gasteiger partial charge on any atom is -0.340 e. The van der Waals surface area contributed by atoms with Crippen molar-refractivity contribution in [1.29, 1.82) is 0 Å². The fourth-order valence-electron chi connectivity index (χ4n) is 3.93. The van der Waals surface area contributed by atoms with E-state index in [0.29, 0.717) is 11.6 Å². The molecule has 0 aliphatic rings. The second-order valence-electron chi connectivity index (χ2n) is 8.07. The summed E-state index contributed by atoms with van der Waals surface area (Å²) in [5, 5.41) is 6.37.